The lowest BCUT2D eigenvalue weighted by Crippen LogP contribution is -2.48. The summed E-state index contributed by atoms with van der Waals surface area (Å²) in [4.78, 5) is 2.43. The van der Waals surface area contributed by atoms with Crippen LogP contribution in [-0.2, 0) is 4.74 Å². The topological polar surface area (TPSA) is 38.5 Å². The summed E-state index contributed by atoms with van der Waals surface area (Å²) < 4.78 is 5.70. The molecule has 0 amide bonds. The molecule has 0 aromatic heterocycles. The average molecular weight is 248 g/mol. The monoisotopic (exact) mass is 248 g/mol. The molecule has 0 aliphatic carbocycles. The fraction of sp³-hybridized carbons (Fsp3) is 0.600. The van der Waals surface area contributed by atoms with E-state index in [1.807, 2.05) is 0 Å². The largest absolute Gasteiger partial charge is 0.375 e. The molecule has 3 heteroatoms. The molecule has 1 aliphatic heterocycles. The minimum absolute atomic E-state index is 0.117. The van der Waals surface area contributed by atoms with E-state index in [0.717, 1.165) is 19.6 Å². The van der Waals surface area contributed by atoms with E-state index in [9.17, 15) is 0 Å². The standard InChI is InChI=1S/C15H24N2O/c1-4-14(16)13-7-5-6-8-15(13)17-9-12(3)18-10-11(17)2/h5-8,11-12,14H,4,9-10,16H2,1-3H3/t11?,12?,14-/m1/s1. The van der Waals surface area contributed by atoms with Crippen LogP contribution in [0.25, 0.3) is 0 Å². The molecule has 2 rings (SSSR count). The Morgan fingerprint density at radius 1 is 1.39 bits per heavy atom. The van der Waals surface area contributed by atoms with Gasteiger partial charge >= 0.3 is 0 Å². The van der Waals surface area contributed by atoms with Crippen LogP contribution in [0.5, 0.6) is 0 Å². The van der Waals surface area contributed by atoms with Crippen molar-refractivity contribution in [2.24, 2.45) is 5.73 Å². The zero-order valence-corrected chi connectivity index (χ0v) is 11.6. The molecule has 0 radical (unpaired) electrons. The second kappa shape index (κ2) is 5.72. The van der Waals surface area contributed by atoms with Crippen molar-refractivity contribution in [3.8, 4) is 0 Å². The average Bonchev–Trinajstić information content (AvgIpc) is 2.40. The summed E-state index contributed by atoms with van der Waals surface area (Å²) in [6, 6.07) is 9.02. The number of morpholine rings is 1. The minimum Gasteiger partial charge on any atom is -0.375 e. The van der Waals surface area contributed by atoms with E-state index in [2.05, 4.69) is 49.9 Å². The lowest BCUT2D eigenvalue weighted by Gasteiger charge is -2.40. The summed E-state index contributed by atoms with van der Waals surface area (Å²) in [6.45, 7) is 8.19. The highest BCUT2D eigenvalue weighted by molar-refractivity contribution is 5.56. The molecular formula is C15H24N2O. The summed E-state index contributed by atoms with van der Waals surface area (Å²) >= 11 is 0. The van der Waals surface area contributed by atoms with E-state index >= 15 is 0 Å². The van der Waals surface area contributed by atoms with Crippen LogP contribution in [0, 0.1) is 0 Å². The number of anilines is 1. The molecule has 100 valence electrons. The minimum atomic E-state index is 0.117. The summed E-state index contributed by atoms with van der Waals surface area (Å²) in [5.41, 5.74) is 8.75. The van der Waals surface area contributed by atoms with Crippen LogP contribution in [-0.4, -0.2) is 25.3 Å². The van der Waals surface area contributed by atoms with Gasteiger partial charge in [0.15, 0.2) is 0 Å². The van der Waals surface area contributed by atoms with Gasteiger partial charge in [-0.1, -0.05) is 25.1 Å². The zero-order valence-electron chi connectivity index (χ0n) is 11.6. The fourth-order valence-corrected chi connectivity index (χ4v) is 2.52. The molecular weight excluding hydrogens is 224 g/mol. The van der Waals surface area contributed by atoms with E-state index in [4.69, 9.17) is 10.5 Å². The third kappa shape index (κ3) is 2.68. The quantitative estimate of drug-likeness (QED) is 0.894. The number of nitrogens with two attached hydrogens (primary N) is 1. The van der Waals surface area contributed by atoms with Crippen LogP contribution in [0.15, 0.2) is 24.3 Å². The predicted molar refractivity (Wildman–Crippen MR) is 75.9 cm³/mol. The molecule has 3 nitrogen and oxygen atoms in total. The lowest BCUT2D eigenvalue weighted by atomic mass is 10.0. The Hall–Kier alpha value is -1.06. The van der Waals surface area contributed by atoms with Gasteiger partial charge in [-0.3, -0.25) is 0 Å². The maximum Gasteiger partial charge on any atom is 0.0723 e. The molecule has 0 spiro atoms. The third-order valence-corrected chi connectivity index (χ3v) is 3.69. The van der Waals surface area contributed by atoms with E-state index < -0.39 is 0 Å². The Morgan fingerprint density at radius 2 is 2.11 bits per heavy atom. The molecule has 0 saturated carbocycles. The Morgan fingerprint density at radius 3 is 2.83 bits per heavy atom. The fourth-order valence-electron chi connectivity index (χ4n) is 2.52. The number of benzene rings is 1. The van der Waals surface area contributed by atoms with Gasteiger partial charge in [-0.15, -0.1) is 0 Å². The van der Waals surface area contributed by atoms with Crippen LogP contribution < -0.4 is 10.6 Å². The molecule has 1 aromatic carbocycles. The van der Waals surface area contributed by atoms with Gasteiger partial charge in [0.2, 0.25) is 0 Å². The van der Waals surface area contributed by atoms with Crippen molar-refractivity contribution in [1.82, 2.24) is 0 Å². The van der Waals surface area contributed by atoms with Crippen LogP contribution in [0.2, 0.25) is 0 Å². The van der Waals surface area contributed by atoms with Crippen molar-refractivity contribution in [3.05, 3.63) is 29.8 Å². The Bertz CT molecular complexity index is 394. The predicted octanol–water partition coefficient (Wildman–Crippen LogP) is 2.71. The molecule has 0 bridgehead atoms. The first-order chi connectivity index (χ1) is 8.63. The zero-order chi connectivity index (χ0) is 13.1. The van der Waals surface area contributed by atoms with Crippen LogP contribution in [0.4, 0.5) is 5.69 Å². The van der Waals surface area contributed by atoms with Gasteiger partial charge in [0.1, 0.15) is 0 Å². The van der Waals surface area contributed by atoms with Crippen molar-refractivity contribution in [2.75, 3.05) is 18.1 Å². The lowest BCUT2D eigenvalue weighted by molar-refractivity contribution is 0.0343. The van der Waals surface area contributed by atoms with Crippen molar-refractivity contribution in [3.63, 3.8) is 0 Å². The highest BCUT2D eigenvalue weighted by atomic mass is 16.5. The summed E-state index contributed by atoms with van der Waals surface area (Å²) in [7, 11) is 0. The van der Waals surface area contributed by atoms with Gasteiger partial charge in [0, 0.05) is 24.3 Å². The van der Waals surface area contributed by atoms with Gasteiger partial charge in [0.25, 0.3) is 0 Å². The van der Waals surface area contributed by atoms with Crippen LogP contribution >= 0.6 is 0 Å². The second-order valence-electron chi connectivity index (χ2n) is 5.22. The summed E-state index contributed by atoms with van der Waals surface area (Å²) in [5.74, 6) is 0. The van der Waals surface area contributed by atoms with Gasteiger partial charge < -0.3 is 15.4 Å². The van der Waals surface area contributed by atoms with E-state index in [-0.39, 0.29) is 12.1 Å². The first-order valence-corrected chi connectivity index (χ1v) is 6.86. The number of para-hydroxylation sites is 1. The second-order valence-corrected chi connectivity index (χ2v) is 5.22. The van der Waals surface area contributed by atoms with E-state index in [1.54, 1.807) is 0 Å². The van der Waals surface area contributed by atoms with Crippen LogP contribution in [0.3, 0.4) is 0 Å². The SMILES string of the molecule is CC[C@@H](N)c1ccccc1N1CC(C)OCC1C. The number of hydrogen-bond acceptors (Lipinski definition) is 3. The molecule has 18 heavy (non-hydrogen) atoms. The van der Waals surface area contributed by atoms with Crippen molar-refractivity contribution in [2.45, 2.75) is 45.4 Å². The van der Waals surface area contributed by atoms with Gasteiger partial charge in [-0.05, 0) is 31.9 Å². The number of nitrogens with zero attached hydrogens (tertiary/aromatic N) is 1. The normalized spacial score (nSPS) is 26.1. The van der Waals surface area contributed by atoms with Crippen LogP contribution in [0.1, 0.15) is 38.8 Å². The molecule has 1 heterocycles. The highest BCUT2D eigenvalue weighted by Crippen LogP contribution is 2.30. The third-order valence-electron chi connectivity index (χ3n) is 3.69. The Balaban J connectivity index is 2.31. The molecule has 2 unspecified atom stereocenters. The van der Waals surface area contributed by atoms with Crippen molar-refractivity contribution < 1.29 is 4.74 Å². The molecule has 1 aliphatic rings. The first kappa shape index (κ1) is 13.4. The first-order valence-electron chi connectivity index (χ1n) is 6.86. The number of rotatable bonds is 3. The van der Waals surface area contributed by atoms with Crippen molar-refractivity contribution >= 4 is 5.69 Å². The molecule has 1 fully saturated rings. The number of ether oxygens (including phenoxy) is 1. The number of hydrogen-bond donors (Lipinski definition) is 1. The molecule has 1 saturated heterocycles. The molecule has 3 atom stereocenters. The van der Waals surface area contributed by atoms with E-state index in [1.165, 1.54) is 11.3 Å². The molecule has 1 aromatic rings. The van der Waals surface area contributed by atoms with Crippen molar-refractivity contribution in [1.29, 1.82) is 0 Å². The van der Waals surface area contributed by atoms with Gasteiger partial charge in [-0.25, -0.2) is 0 Å². The highest BCUT2D eigenvalue weighted by Gasteiger charge is 2.25. The summed E-state index contributed by atoms with van der Waals surface area (Å²) in [6.07, 6.45) is 1.25. The van der Waals surface area contributed by atoms with E-state index in [0.29, 0.717) is 6.04 Å². The maximum atomic E-state index is 6.22. The summed E-state index contributed by atoms with van der Waals surface area (Å²) in [5, 5.41) is 0. The smallest absolute Gasteiger partial charge is 0.0723 e. The van der Waals surface area contributed by atoms with Gasteiger partial charge in [-0.2, -0.15) is 0 Å². The maximum absolute atomic E-state index is 6.22. The Labute approximate surface area is 110 Å². The Kier molecular flexibility index (Phi) is 4.25. The molecule has 2 N–H and O–H groups in total. The van der Waals surface area contributed by atoms with Gasteiger partial charge in [0.05, 0.1) is 12.7 Å².